The molecule has 3 aromatic carbocycles. The zero-order valence-corrected chi connectivity index (χ0v) is 18.0. The van der Waals surface area contributed by atoms with E-state index < -0.39 is 43.2 Å². The maximum Gasteiger partial charge on any atom is 0.422 e. The largest absolute Gasteiger partial charge is 0.487 e. The smallest absolute Gasteiger partial charge is 0.422 e. The first-order valence-corrected chi connectivity index (χ1v) is 10.0. The first kappa shape index (κ1) is 25.3. The molecule has 0 unspecified atom stereocenters. The normalized spacial score (nSPS) is 12.0. The lowest BCUT2D eigenvalue weighted by atomic mass is 10.1. The van der Waals surface area contributed by atoms with Gasteiger partial charge in [0.25, 0.3) is 0 Å². The molecule has 12 heteroatoms. The van der Waals surface area contributed by atoms with Gasteiger partial charge in [0.15, 0.2) is 18.3 Å². The van der Waals surface area contributed by atoms with Gasteiger partial charge in [0, 0.05) is 35.0 Å². The van der Waals surface area contributed by atoms with E-state index in [-0.39, 0.29) is 10.8 Å². The molecular weight excluding hydrogens is 489 g/mol. The van der Waals surface area contributed by atoms with Crippen molar-refractivity contribution in [1.29, 1.82) is 0 Å². The molecule has 3 aromatic rings. The fraction of sp³-hybridized carbons (Fsp3) is 0.227. The monoisotopic (exact) mass is 506 g/mol. The Labute approximate surface area is 194 Å². The minimum atomic E-state index is -4.67. The number of hydrogen-bond donors (Lipinski definition) is 2. The van der Waals surface area contributed by atoms with Gasteiger partial charge in [-0.1, -0.05) is 36.4 Å². The van der Waals surface area contributed by atoms with Gasteiger partial charge in [-0.05, 0) is 23.7 Å². The number of halogens is 7. The fourth-order valence-corrected chi connectivity index (χ4v) is 3.07. The summed E-state index contributed by atoms with van der Waals surface area (Å²) in [5.74, 6) is -5.28. The van der Waals surface area contributed by atoms with Gasteiger partial charge in [-0.2, -0.15) is 22.0 Å². The predicted octanol–water partition coefficient (Wildman–Crippen LogP) is 6.87. The summed E-state index contributed by atoms with van der Waals surface area (Å²) >= 11 is 5.25. The number of benzene rings is 3. The molecule has 0 atom stereocenters. The fourth-order valence-electron chi connectivity index (χ4n) is 2.84. The van der Waals surface area contributed by atoms with E-state index in [0.29, 0.717) is 5.69 Å². The van der Waals surface area contributed by atoms with E-state index in [4.69, 9.17) is 17.0 Å². The average Bonchev–Trinajstić information content (AvgIpc) is 2.76. The molecular formula is C22H17F7N2O2S. The van der Waals surface area contributed by atoms with Crippen molar-refractivity contribution in [1.82, 2.24) is 0 Å². The second kappa shape index (κ2) is 10.3. The molecule has 0 spiro atoms. The van der Waals surface area contributed by atoms with E-state index in [1.807, 2.05) is 30.3 Å². The van der Waals surface area contributed by atoms with E-state index >= 15 is 0 Å². The van der Waals surface area contributed by atoms with Crippen LogP contribution in [0.5, 0.6) is 11.5 Å². The Hall–Kier alpha value is -3.28. The van der Waals surface area contributed by atoms with E-state index in [1.54, 1.807) is 12.1 Å². The van der Waals surface area contributed by atoms with E-state index in [0.717, 1.165) is 29.0 Å². The van der Waals surface area contributed by atoms with Crippen LogP contribution in [0.4, 0.5) is 42.1 Å². The third-order valence-corrected chi connectivity index (χ3v) is 4.53. The van der Waals surface area contributed by atoms with Gasteiger partial charge in [-0.3, -0.25) is 0 Å². The van der Waals surface area contributed by atoms with Crippen LogP contribution in [0.3, 0.4) is 0 Å². The summed E-state index contributed by atoms with van der Waals surface area (Å²) in [5.41, 5.74) is 0.654. The van der Waals surface area contributed by atoms with Gasteiger partial charge in [0.05, 0.1) is 0 Å². The summed E-state index contributed by atoms with van der Waals surface area (Å²) in [6.07, 6.45) is -8.65. The Morgan fingerprint density at radius 1 is 0.824 bits per heavy atom. The molecule has 0 fully saturated rings. The highest BCUT2D eigenvalue weighted by Crippen LogP contribution is 2.31. The van der Waals surface area contributed by atoms with E-state index in [9.17, 15) is 30.7 Å². The Bertz CT molecular complexity index is 1150. The Kier molecular flexibility index (Phi) is 7.70. The Balaban J connectivity index is 1.79. The summed E-state index contributed by atoms with van der Waals surface area (Å²) in [6, 6.07) is 15.9. The van der Waals surface area contributed by atoms with Crippen molar-refractivity contribution in [2.24, 2.45) is 0 Å². The SMILES string of the molecule is FC(F)C(F)(F)COc1cc(NC(=S)Nc2cccc3ccccc23)cc(OCC(F)(F)F)c1. The molecule has 0 saturated heterocycles. The van der Waals surface area contributed by atoms with Crippen molar-refractivity contribution >= 4 is 39.5 Å². The van der Waals surface area contributed by atoms with Crippen LogP contribution in [-0.4, -0.2) is 36.9 Å². The van der Waals surface area contributed by atoms with Gasteiger partial charge in [0.1, 0.15) is 11.5 Å². The first-order valence-electron chi connectivity index (χ1n) is 9.62. The zero-order valence-electron chi connectivity index (χ0n) is 17.1. The summed E-state index contributed by atoms with van der Waals surface area (Å²) < 4.78 is 98.2. The van der Waals surface area contributed by atoms with Crippen molar-refractivity contribution in [3.8, 4) is 11.5 Å². The third kappa shape index (κ3) is 7.11. The number of thiocarbonyl (C=S) groups is 1. The zero-order chi connectivity index (χ0) is 24.9. The molecule has 34 heavy (non-hydrogen) atoms. The minimum absolute atomic E-state index is 0.0211. The topological polar surface area (TPSA) is 42.5 Å². The van der Waals surface area contributed by atoms with Gasteiger partial charge in [0.2, 0.25) is 0 Å². The van der Waals surface area contributed by atoms with Crippen molar-refractivity contribution in [2.75, 3.05) is 23.8 Å². The van der Waals surface area contributed by atoms with Crippen molar-refractivity contribution in [2.45, 2.75) is 18.5 Å². The first-order chi connectivity index (χ1) is 15.9. The maximum absolute atomic E-state index is 13.2. The maximum atomic E-state index is 13.2. The number of ether oxygens (including phenoxy) is 2. The molecule has 0 bridgehead atoms. The second-order valence-corrected chi connectivity index (χ2v) is 7.46. The van der Waals surface area contributed by atoms with Crippen molar-refractivity contribution in [3.05, 3.63) is 60.7 Å². The molecule has 182 valence electrons. The summed E-state index contributed by atoms with van der Waals surface area (Å²) in [7, 11) is 0. The highest BCUT2D eigenvalue weighted by Gasteiger charge is 2.41. The number of fused-ring (bicyclic) bond motifs is 1. The molecule has 0 amide bonds. The minimum Gasteiger partial charge on any atom is -0.487 e. The quantitative estimate of drug-likeness (QED) is 0.258. The molecule has 0 aliphatic rings. The van der Waals surface area contributed by atoms with Crippen LogP contribution in [-0.2, 0) is 0 Å². The highest BCUT2D eigenvalue weighted by atomic mass is 32.1. The average molecular weight is 506 g/mol. The lowest BCUT2D eigenvalue weighted by Gasteiger charge is -2.18. The van der Waals surface area contributed by atoms with Gasteiger partial charge in [-0.15, -0.1) is 0 Å². The molecule has 2 N–H and O–H groups in total. The van der Waals surface area contributed by atoms with Crippen LogP contribution in [0.2, 0.25) is 0 Å². The molecule has 0 radical (unpaired) electrons. The van der Waals surface area contributed by atoms with E-state index in [2.05, 4.69) is 15.4 Å². The third-order valence-electron chi connectivity index (χ3n) is 4.33. The van der Waals surface area contributed by atoms with E-state index in [1.165, 1.54) is 0 Å². The number of hydrogen-bond acceptors (Lipinski definition) is 3. The molecule has 0 saturated carbocycles. The molecule has 0 aliphatic carbocycles. The number of rotatable bonds is 8. The molecule has 0 aliphatic heterocycles. The van der Waals surface area contributed by atoms with Crippen LogP contribution >= 0.6 is 12.2 Å². The summed E-state index contributed by atoms with van der Waals surface area (Å²) in [5, 5.41) is 7.42. The van der Waals surface area contributed by atoms with Crippen LogP contribution in [0.15, 0.2) is 60.7 Å². The van der Waals surface area contributed by atoms with Crippen LogP contribution < -0.4 is 20.1 Å². The van der Waals surface area contributed by atoms with Crippen LogP contribution in [0.25, 0.3) is 10.8 Å². The predicted molar refractivity (Wildman–Crippen MR) is 118 cm³/mol. The van der Waals surface area contributed by atoms with Crippen LogP contribution in [0, 0.1) is 0 Å². The van der Waals surface area contributed by atoms with Gasteiger partial charge < -0.3 is 20.1 Å². The van der Waals surface area contributed by atoms with Crippen LogP contribution in [0.1, 0.15) is 0 Å². The molecule has 4 nitrogen and oxygen atoms in total. The van der Waals surface area contributed by atoms with Crippen molar-refractivity contribution < 1.29 is 40.2 Å². The molecule has 0 aromatic heterocycles. The standard InChI is InChI=1S/C22H17F7N2O2S/c23-19(24)21(25,26)11-32-15-8-14(9-16(10-15)33-12-22(27,28)29)30-20(34)31-18-7-3-5-13-4-1-2-6-17(13)18/h1-10,19H,11-12H2,(H2,30,31,34). The Morgan fingerprint density at radius 3 is 2.09 bits per heavy atom. The highest BCUT2D eigenvalue weighted by molar-refractivity contribution is 7.80. The number of alkyl halides is 7. The molecule has 0 heterocycles. The lowest BCUT2D eigenvalue weighted by molar-refractivity contribution is -0.153. The van der Waals surface area contributed by atoms with Gasteiger partial charge >= 0.3 is 18.5 Å². The van der Waals surface area contributed by atoms with Crippen molar-refractivity contribution in [3.63, 3.8) is 0 Å². The number of nitrogens with one attached hydrogen (secondary N) is 2. The second-order valence-electron chi connectivity index (χ2n) is 7.05. The summed E-state index contributed by atoms with van der Waals surface area (Å²) in [6.45, 7) is -3.35. The lowest BCUT2D eigenvalue weighted by Crippen LogP contribution is -2.33. The number of anilines is 2. The Morgan fingerprint density at radius 2 is 1.44 bits per heavy atom. The van der Waals surface area contributed by atoms with Gasteiger partial charge in [-0.25, -0.2) is 8.78 Å². The summed E-state index contributed by atoms with van der Waals surface area (Å²) in [4.78, 5) is 0. The molecule has 3 rings (SSSR count).